The molecule has 2 aromatic heterocycles. The third kappa shape index (κ3) is 4.02. The molecule has 0 aliphatic carbocycles. The summed E-state index contributed by atoms with van der Waals surface area (Å²) in [6, 6.07) is 11.5. The number of hydrogen-bond acceptors (Lipinski definition) is 6. The summed E-state index contributed by atoms with van der Waals surface area (Å²) < 4.78 is 6.45. The first kappa shape index (κ1) is 17.9. The number of halogens is 1. The second kappa shape index (κ2) is 7.57. The molecule has 0 aliphatic heterocycles. The van der Waals surface area contributed by atoms with Gasteiger partial charge in [-0.25, -0.2) is 9.97 Å². The topological polar surface area (TPSA) is 91.0 Å². The quantitative estimate of drug-likeness (QED) is 0.335. The number of non-ortho nitro benzene ring substituents is 1. The van der Waals surface area contributed by atoms with Crippen LogP contribution in [0.15, 0.2) is 47.1 Å². The fourth-order valence-electron chi connectivity index (χ4n) is 2.27. The van der Waals surface area contributed by atoms with Gasteiger partial charge in [0.15, 0.2) is 11.6 Å². The number of aryl methyl sites for hydroxylation is 2. The summed E-state index contributed by atoms with van der Waals surface area (Å²) in [7, 11) is 0. The maximum absolute atomic E-state index is 10.8. The molecule has 132 valence electrons. The molecule has 2 heterocycles. The molecule has 0 spiro atoms. The predicted octanol–water partition coefficient (Wildman–Crippen LogP) is 4.87. The van der Waals surface area contributed by atoms with Gasteiger partial charge in [0.2, 0.25) is 5.88 Å². The number of ether oxygens (including phenoxy) is 1. The van der Waals surface area contributed by atoms with E-state index in [0.717, 1.165) is 11.4 Å². The maximum Gasteiger partial charge on any atom is 0.269 e. The molecule has 0 bridgehead atoms. The van der Waals surface area contributed by atoms with Crippen LogP contribution >= 0.6 is 15.9 Å². The Labute approximate surface area is 158 Å². The molecule has 1 aromatic carbocycles. The van der Waals surface area contributed by atoms with Crippen molar-refractivity contribution in [3.63, 3.8) is 0 Å². The van der Waals surface area contributed by atoms with Crippen molar-refractivity contribution in [1.29, 1.82) is 0 Å². The van der Waals surface area contributed by atoms with Gasteiger partial charge in [0.05, 0.1) is 4.92 Å². The van der Waals surface area contributed by atoms with Crippen molar-refractivity contribution in [1.82, 2.24) is 15.0 Å². The number of nitro groups is 1. The normalized spacial score (nSPS) is 10.6. The van der Waals surface area contributed by atoms with Crippen LogP contribution in [0.3, 0.4) is 0 Å². The monoisotopic (exact) mass is 414 g/mol. The minimum absolute atomic E-state index is 0.0199. The summed E-state index contributed by atoms with van der Waals surface area (Å²) in [5.74, 6) is 1.38. The van der Waals surface area contributed by atoms with E-state index < -0.39 is 4.92 Å². The first-order chi connectivity index (χ1) is 12.5. The molecule has 26 heavy (non-hydrogen) atoms. The summed E-state index contributed by atoms with van der Waals surface area (Å²) in [4.78, 5) is 23.6. The van der Waals surface area contributed by atoms with Crippen LogP contribution < -0.4 is 4.74 Å². The van der Waals surface area contributed by atoms with Gasteiger partial charge in [-0.05, 0) is 53.5 Å². The van der Waals surface area contributed by atoms with Crippen LogP contribution in [0.2, 0.25) is 0 Å². The van der Waals surface area contributed by atoms with Crippen LogP contribution in [0.25, 0.3) is 11.4 Å². The zero-order valence-electron chi connectivity index (χ0n) is 14.1. The first-order valence-corrected chi connectivity index (χ1v) is 8.69. The molecule has 0 aliphatic rings. The van der Waals surface area contributed by atoms with E-state index >= 15 is 0 Å². The molecule has 0 unspecified atom stereocenters. The zero-order chi connectivity index (χ0) is 18.7. The minimum atomic E-state index is -0.441. The largest absolute Gasteiger partial charge is 0.436 e. The lowest BCUT2D eigenvalue weighted by molar-refractivity contribution is -0.384. The molecule has 3 aromatic rings. The molecule has 3 rings (SSSR count). The maximum atomic E-state index is 10.8. The van der Waals surface area contributed by atoms with Gasteiger partial charge in [0.25, 0.3) is 5.69 Å². The number of hydrogen-bond donors (Lipinski definition) is 0. The Balaban J connectivity index is 1.97. The Bertz CT molecular complexity index is 961. The minimum Gasteiger partial charge on any atom is -0.436 e. The van der Waals surface area contributed by atoms with E-state index in [0.29, 0.717) is 34.0 Å². The molecular formula is C18H15BrN4O3. The van der Waals surface area contributed by atoms with E-state index in [9.17, 15) is 10.1 Å². The molecule has 0 amide bonds. The highest BCUT2D eigenvalue weighted by Gasteiger charge is 2.12. The third-order valence-corrected chi connectivity index (χ3v) is 4.19. The van der Waals surface area contributed by atoms with Crippen LogP contribution in [0.5, 0.6) is 11.6 Å². The zero-order valence-corrected chi connectivity index (χ0v) is 15.7. The van der Waals surface area contributed by atoms with Crippen molar-refractivity contribution in [2.75, 3.05) is 0 Å². The van der Waals surface area contributed by atoms with Gasteiger partial charge >= 0.3 is 0 Å². The average molecular weight is 415 g/mol. The van der Waals surface area contributed by atoms with E-state index in [1.165, 1.54) is 12.1 Å². The summed E-state index contributed by atoms with van der Waals surface area (Å²) in [5.41, 5.74) is 2.37. The summed E-state index contributed by atoms with van der Waals surface area (Å²) in [5, 5.41) is 10.8. The van der Waals surface area contributed by atoms with Crippen LogP contribution in [-0.4, -0.2) is 19.9 Å². The van der Waals surface area contributed by atoms with Crippen LogP contribution in [0.1, 0.15) is 18.3 Å². The van der Waals surface area contributed by atoms with Crippen molar-refractivity contribution in [3.8, 4) is 23.0 Å². The predicted molar refractivity (Wildman–Crippen MR) is 100 cm³/mol. The highest BCUT2D eigenvalue weighted by Crippen LogP contribution is 2.29. The fourth-order valence-corrected chi connectivity index (χ4v) is 2.76. The van der Waals surface area contributed by atoms with Gasteiger partial charge in [0.1, 0.15) is 4.60 Å². The van der Waals surface area contributed by atoms with E-state index in [4.69, 9.17) is 4.74 Å². The third-order valence-electron chi connectivity index (χ3n) is 3.62. The summed E-state index contributed by atoms with van der Waals surface area (Å²) in [6.07, 6.45) is 0.701. The lowest BCUT2D eigenvalue weighted by Crippen LogP contribution is -1.99. The number of pyridine rings is 1. The van der Waals surface area contributed by atoms with Crippen molar-refractivity contribution >= 4 is 21.6 Å². The molecule has 0 saturated heterocycles. The van der Waals surface area contributed by atoms with Gasteiger partial charge < -0.3 is 4.74 Å². The van der Waals surface area contributed by atoms with Gasteiger partial charge in [-0.15, -0.1) is 0 Å². The Hall–Kier alpha value is -2.87. The Morgan fingerprint density at radius 1 is 1.12 bits per heavy atom. The Morgan fingerprint density at radius 3 is 2.46 bits per heavy atom. The summed E-state index contributed by atoms with van der Waals surface area (Å²) >= 11 is 3.38. The lowest BCUT2D eigenvalue weighted by Gasteiger charge is -2.10. The summed E-state index contributed by atoms with van der Waals surface area (Å²) in [6.45, 7) is 3.87. The van der Waals surface area contributed by atoms with Gasteiger partial charge in [-0.2, -0.15) is 4.98 Å². The molecule has 0 atom stereocenters. The van der Waals surface area contributed by atoms with E-state index in [-0.39, 0.29) is 5.69 Å². The van der Waals surface area contributed by atoms with Crippen LogP contribution in [0, 0.1) is 17.0 Å². The molecule has 0 N–H and O–H groups in total. The average Bonchev–Trinajstić information content (AvgIpc) is 2.64. The number of rotatable bonds is 5. The molecule has 0 radical (unpaired) electrons. The van der Waals surface area contributed by atoms with Gasteiger partial charge in [-0.3, -0.25) is 10.1 Å². The SMILES string of the molecule is CCc1cc(Oc2ccc(C)nc2Br)nc(-c2ccc([N+](=O)[O-])cc2)n1. The second-order valence-electron chi connectivity index (χ2n) is 5.52. The highest BCUT2D eigenvalue weighted by atomic mass is 79.9. The van der Waals surface area contributed by atoms with E-state index in [1.54, 1.807) is 18.2 Å². The molecule has 7 nitrogen and oxygen atoms in total. The lowest BCUT2D eigenvalue weighted by atomic mass is 10.2. The molecule has 0 saturated carbocycles. The second-order valence-corrected chi connectivity index (χ2v) is 6.27. The van der Waals surface area contributed by atoms with Crippen LogP contribution in [0.4, 0.5) is 5.69 Å². The highest BCUT2D eigenvalue weighted by molar-refractivity contribution is 9.10. The van der Waals surface area contributed by atoms with E-state index in [2.05, 4.69) is 30.9 Å². The smallest absolute Gasteiger partial charge is 0.269 e. The van der Waals surface area contributed by atoms with Crippen molar-refractivity contribution in [2.45, 2.75) is 20.3 Å². The van der Waals surface area contributed by atoms with Crippen molar-refractivity contribution < 1.29 is 9.66 Å². The Kier molecular flexibility index (Phi) is 5.22. The van der Waals surface area contributed by atoms with E-state index in [1.807, 2.05) is 26.0 Å². The van der Waals surface area contributed by atoms with Gasteiger partial charge in [-0.1, -0.05) is 6.92 Å². The van der Waals surface area contributed by atoms with Crippen LogP contribution in [-0.2, 0) is 6.42 Å². The van der Waals surface area contributed by atoms with Crippen molar-refractivity contribution in [2.24, 2.45) is 0 Å². The number of aromatic nitrogens is 3. The number of nitro benzene ring substituents is 1. The van der Waals surface area contributed by atoms with Gasteiger partial charge in [0, 0.05) is 35.2 Å². The number of nitrogens with zero attached hydrogens (tertiary/aromatic N) is 4. The number of benzene rings is 1. The molecular weight excluding hydrogens is 400 g/mol. The fraction of sp³-hybridized carbons (Fsp3) is 0.167. The molecule has 0 fully saturated rings. The Morgan fingerprint density at radius 2 is 1.85 bits per heavy atom. The molecule has 8 heteroatoms. The van der Waals surface area contributed by atoms with Crippen molar-refractivity contribution in [3.05, 3.63) is 68.6 Å². The standard InChI is InChI=1S/C18H15BrN4O3/c1-3-13-10-16(26-15-9-4-11(2)20-17(15)19)22-18(21-13)12-5-7-14(8-6-12)23(24)25/h4-10H,3H2,1-2H3. The first-order valence-electron chi connectivity index (χ1n) is 7.90.